The Balaban J connectivity index is 2.02. The van der Waals surface area contributed by atoms with Crippen LogP contribution in [-0.2, 0) is 11.2 Å². The summed E-state index contributed by atoms with van der Waals surface area (Å²) in [5.74, 6) is 1.40. The van der Waals surface area contributed by atoms with E-state index in [1.807, 2.05) is 29.2 Å². The molecule has 0 N–H and O–H groups in total. The Hall–Kier alpha value is -1.02. The second-order valence-corrected chi connectivity index (χ2v) is 5.92. The van der Waals surface area contributed by atoms with Crippen LogP contribution in [0.4, 0.5) is 0 Å². The first-order chi connectivity index (χ1) is 8.56. The lowest BCUT2D eigenvalue weighted by atomic mass is 9.91. The molecule has 2 nitrogen and oxygen atoms in total. The van der Waals surface area contributed by atoms with Crippen molar-refractivity contribution in [3.63, 3.8) is 0 Å². The molecule has 1 aromatic rings. The number of amides is 1. The fraction of sp³-hybridized carbons (Fsp3) is 0.533. The fourth-order valence-corrected chi connectivity index (χ4v) is 2.99. The third-order valence-electron chi connectivity index (χ3n) is 3.52. The number of likely N-dealkylation sites (tertiary alicyclic amines) is 1. The summed E-state index contributed by atoms with van der Waals surface area (Å²) in [5.41, 5.74) is 0.926. The maximum Gasteiger partial charge on any atom is 0.227 e. The second kappa shape index (κ2) is 5.75. The summed E-state index contributed by atoms with van der Waals surface area (Å²) in [6.45, 7) is 6.19. The SMILES string of the molecule is CC1CC(C)CN(C(=O)Cc2ccccc2Cl)C1. The molecule has 98 valence electrons. The van der Waals surface area contributed by atoms with Gasteiger partial charge in [-0.15, -0.1) is 0 Å². The Kier molecular flexibility index (Phi) is 4.28. The van der Waals surface area contributed by atoms with Crippen LogP contribution in [0.1, 0.15) is 25.8 Å². The highest BCUT2D eigenvalue weighted by Gasteiger charge is 2.25. The van der Waals surface area contributed by atoms with E-state index >= 15 is 0 Å². The van der Waals surface area contributed by atoms with Crippen molar-refractivity contribution in [3.05, 3.63) is 34.9 Å². The number of carbonyl (C=O) groups excluding carboxylic acids is 1. The van der Waals surface area contributed by atoms with Crippen LogP contribution in [0, 0.1) is 11.8 Å². The highest BCUT2D eigenvalue weighted by molar-refractivity contribution is 6.31. The molecule has 1 aliphatic rings. The van der Waals surface area contributed by atoms with Gasteiger partial charge in [-0.3, -0.25) is 4.79 Å². The summed E-state index contributed by atoms with van der Waals surface area (Å²) >= 11 is 6.09. The molecule has 1 aliphatic heterocycles. The molecule has 0 saturated carbocycles. The predicted molar refractivity (Wildman–Crippen MR) is 74.7 cm³/mol. The van der Waals surface area contributed by atoms with Crippen molar-refractivity contribution in [2.45, 2.75) is 26.7 Å². The minimum Gasteiger partial charge on any atom is -0.342 e. The largest absolute Gasteiger partial charge is 0.342 e. The number of nitrogens with zero attached hydrogens (tertiary/aromatic N) is 1. The lowest BCUT2D eigenvalue weighted by Gasteiger charge is -2.35. The Morgan fingerprint density at radius 2 is 1.89 bits per heavy atom. The molecule has 0 aliphatic carbocycles. The molecule has 0 spiro atoms. The maximum absolute atomic E-state index is 12.3. The molecule has 2 atom stereocenters. The molecular formula is C15H20ClNO. The van der Waals surface area contributed by atoms with Gasteiger partial charge in [-0.2, -0.15) is 0 Å². The molecule has 2 unspecified atom stereocenters. The lowest BCUT2D eigenvalue weighted by Crippen LogP contribution is -2.43. The van der Waals surface area contributed by atoms with Gasteiger partial charge in [0, 0.05) is 18.1 Å². The molecule has 18 heavy (non-hydrogen) atoms. The standard InChI is InChI=1S/C15H20ClNO/c1-11-7-12(2)10-17(9-11)15(18)8-13-5-3-4-6-14(13)16/h3-6,11-12H,7-10H2,1-2H3. The van der Waals surface area contributed by atoms with E-state index in [4.69, 9.17) is 11.6 Å². The zero-order valence-corrected chi connectivity index (χ0v) is 11.8. The van der Waals surface area contributed by atoms with Gasteiger partial charge >= 0.3 is 0 Å². The van der Waals surface area contributed by atoms with Gasteiger partial charge in [0.1, 0.15) is 0 Å². The number of halogens is 1. The zero-order chi connectivity index (χ0) is 13.1. The van der Waals surface area contributed by atoms with Crippen LogP contribution in [0.15, 0.2) is 24.3 Å². The number of rotatable bonds is 2. The number of hydrogen-bond donors (Lipinski definition) is 0. The molecule has 3 heteroatoms. The van der Waals surface area contributed by atoms with Crippen LogP contribution in [0.2, 0.25) is 5.02 Å². The summed E-state index contributed by atoms with van der Waals surface area (Å²) in [6, 6.07) is 7.58. The van der Waals surface area contributed by atoms with E-state index in [-0.39, 0.29) is 5.91 Å². The molecule has 0 bridgehead atoms. The lowest BCUT2D eigenvalue weighted by molar-refractivity contribution is -0.133. The van der Waals surface area contributed by atoms with Crippen molar-refractivity contribution in [1.82, 2.24) is 4.90 Å². The van der Waals surface area contributed by atoms with E-state index in [1.54, 1.807) is 0 Å². The quantitative estimate of drug-likeness (QED) is 0.803. The molecule has 1 saturated heterocycles. The minimum absolute atomic E-state index is 0.196. The van der Waals surface area contributed by atoms with E-state index in [9.17, 15) is 4.79 Å². The highest BCUT2D eigenvalue weighted by Crippen LogP contribution is 2.22. The molecule has 1 fully saturated rings. The van der Waals surface area contributed by atoms with Gasteiger partial charge < -0.3 is 4.90 Å². The van der Waals surface area contributed by atoms with Crippen LogP contribution in [0.3, 0.4) is 0 Å². The first-order valence-corrected chi connectivity index (χ1v) is 6.95. The van der Waals surface area contributed by atoms with Crippen molar-refractivity contribution in [3.8, 4) is 0 Å². The average Bonchev–Trinajstić information content (AvgIpc) is 2.31. The molecule has 1 aromatic carbocycles. The van der Waals surface area contributed by atoms with Crippen LogP contribution in [0.25, 0.3) is 0 Å². The van der Waals surface area contributed by atoms with Gasteiger partial charge in [0.15, 0.2) is 0 Å². The summed E-state index contributed by atoms with van der Waals surface area (Å²) in [6.07, 6.45) is 1.63. The van der Waals surface area contributed by atoms with Gasteiger partial charge in [-0.25, -0.2) is 0 Å². The first kappa shape index (κ1) is 13.4. The average molecular weight is 266 g/mol. The summed E-state index contributed by atoms with van der Waals surface area (Å²) in [7, 11) is 0. The third-order valence-corrected chi connectivity index (χ3v) is 3.89. The first-order valence-electron chi connectivity index (χ1n) is 6.57. The summed E-state index contributed by atoms with van der Waals surface area (Å²) in [5, 5.41) is 0.684. The Bertz CT molecular complexity index is 422. The zero-order valence-electron chi connectivity index (χ0n) is 11.0. The predicted octanol–water partition coefficient (Wildman–Crippen LogP) is 3.39. The molecule has 2 rings (SSSR count). The van der Waals surface area contributed by atoms with Crippen molar-refractivity contribution in [2.24, 2.45) is 11.8 Å². The van der Waals surface area contributed by atoms with E-state index < -0.39 is 0 Å². The maximum atomic E-state index is 12.3. The number of carbonyl (C=O) groups is 1. The van der Waals surface area contributed by atoms with E-state index in [0.717, 1.165) is 18.7 Å². The summed E-state index contributed by atoms with van der Waals surface area (Å²) in [4.78, 5) is 14.3. The fourth-order valence-electron chi connectivity index (χ4n) is 2.78. The molecule has 0 radical (unpaired) electrons. The van der Waals surface area contributed by atoms with E-state index in [1.165, 1.54) is 6.42 Å². The van der Waals surface area contributed by atoms with Gasteiger partial charge in [-0.05, 0) is 29.9 Å². The van der Waals surface area contributed by atoms with Gasteiger partial charge in [0.25, 0.3) is 0 Å². The highest BCUT2D eigenvalue weighted by atomic mass is 35.5. The number of hydrogen-bond acceptors (Lipinski definition) is 1. The Labute approximate surface area is 114 Å². The van der Waals surface area contributed by atoms with E-state index in [0.29, 0.717) is 23.3 Å². The van der Waals surface area contributed by atoms with Crippen LogP contribution in [0.5, 0.6) is 0 Å². The van der Waals surface area contributed by atoms with Gasteiger partial charge in [0.05, 0.1) is 6.42 Å². The molecule has 0 aromatic heterocycles. The van der Waals surface area contributed by atoms with Gasteiger partial charge in [0.2, 0.25) is 5.91 Å². The van der Waals surface area contributed by atoms with E-state index in [2.05, 4.69) is 13.8 Å². The van der Waals surface area contributed by atoms with Crippen LogP contribution >= 0.6 is 11.6 Å². The molecule has 1 heterocycles. The van der Waals surface area contributed by atoms with Crippen LogP contribution < -0.4 is 0 Å². The normalized spacial score (nSPS) is 24.1. The van der Waals surface area contributed by atoms with Crippen molar-refractivity contribution in [2.75, 3.05) is 13.1 Å². The summed E-state index contributed by atoms with van der Waals surface area (Å²) < 4.78 is 0. The molecular weight excluding hydrogens is 246 g/mol. The van der Waals surface area contributed by atoms with Crippen molar-refractivity contribution < 1.29 is 4.79 Å². The van der Waals surface area contributed by atoms with Gasteiger partial charge in [-0.1, -0.05) is 43.6 Å². The monoisotopic (exact) mass is 265 g/mol. The van der Waals surface area contributed by atoms with Crippen molar-refractivity contribution in [1.29, 1.82) is 0 Å². The third kappa shape index (κ3) is 3.26. The van der Waals surface area contributed by atoms with Crippen LogP contribution in [-0.4, -0.2) is 23.9 Å². The smallest absolute Gasteiger partial charge is 0.227 e. The number of benzene rings is 1. The Morgan fingerprint density at radius 3 is 2.50 bits per heavy atom. The topological polar surface area (TPSA) is 20.3 Å². The molecule has 1 amide bonds. The van der Waals surface area contributed by atoms with Crippen molar-refractivity contribution >= 4 is 17.5 Å². The number of piperidine rings is 1. The Morgan fingerprint density at radius 1 is 1.28 bits per heavy atom. The second-order valence-electron chi connectivity index (χ2n) is 5.51. The minimum atomic E-state index is 0.196.